The van der Waals surface area contributed by atoms with Gasteiger partial charge < -0.3 is 20.3 Å². The number of benzene rings is 1. The van der Waals surface area contributed by atoms with Gasteiger partial charge in [-0.15, -0.1) is 0 Å². The van der Waals surface area contributed by atoms with Crippen LogP contribution in [-0.2, 0) is 4.74 Å². The molecule has 4 rings (SSSR count). The van der Waals surface area contributed by atoms with Gasteiger partial charge in [0.2, 0.25) is 0 Å². The molecule has 7 heteroatoms. The van der Waals surface area contributed by atoms with Crippen LogP contribution in [0.3, 0.4) is 0 Å². The predicted octanol–water partition coefficient (Wildman–Crippen LogP) is 1.92. The van der Waals surface area contributed by atoms with E-state index >= 15 is 0 Å². The molecule has 2 N–H and O–H groups in total. The van der Waals surface area contributed by atoms with Crippen LogP contribution >= 0.6 is 11.3 Å². The van der Waals surface area contributed by atoms with Crippen LogP contribution in [0, 0.1) is 6.92 Å². The van der Waals surface area contributed by atoms with E-state index in [0.29, 0.717) is 0 Å². The molecule has 1 aromatic carbocycles. The number of anilines is 1. The SMILES string of the molecule is Cc1cc(C(=O)NC2CCOCC2)cc2sc(N3CCNCC3)nc12. The van der Waals surface area contributed by atoms with E-state index in [9.17, 15) is 4.79 Å². The van der Waals surface area contributed by atoms with Crippen molar-refractivity contribution < 1.29 is 9.53 Å². The summed E-state index contributed by atoms with van der Waals surface area (Å²) in [7, 11) is 0. The van der Waals surface area contributed by atoms with Crippen LogP contribution in [-0.4, -0.2) is 56.3 Å². The first-order chi connectivity index (χ1) is 12.2. The van der Waals surface area contributed by atoms with Crippen LogP contribution in [0.4, 0.5) is 5.13 Å². The molecule has 25 heavy (non-hydrogen) atoms. The summed E-state index contributed by atoms with van der Waals surface area (Å²) in [5.41, 5.74) is 2.81. The maximum atomic E-state index is 12.6. The summed E-state index contributed by atoms with van der Waals surface area (Å²) in [5, 5.41) is 7.57. The van der Waals surface area contributed by atoms with Crippen molar-refractivity contribution in [2.24, 2.45) is 0 Å². The average Bonchev–Trinajstić information content (AvgIpc) is 3.08. The zero-order valence-electron chi connectivity index (χ0n) is 14.5. The van der Waals surface area contributed by atoms with E-state index in [0.717, 1.165) is 78.7 Å². The minimum Gasteiger partial charge on any atom is -0.381 e. The largest absolute Gasteiger partial charge is 0.381 e. The van der Waals surface area contributed by atoms with E-state index < -0.39 is 0 Å². The highest BCUT2D eigenvalue weighted by atomic mass is 32.1. The molecule has 134 valence electrons. The average molecular weight is 360 g/mol. The van der Waals surface area contributed by atoms with E-state index in [1.165, 1.54) is 0 Å². The number of amides is 1. The molecule has 6 nitrogen and oxygen atoms in total. The molecule has 0 atom stereocenters. The fraction of sp³-hybridized carbons (Fsp3) is 0.556. The number of carbonyl (C=O) groups excluding carboxylic acids is 1. The number of hydrogen-bond acceptors (Lipinski definition) is 6. The number of aryl methyl sites for hydroxylation is 1. The summed E-state index contributed by atoms with van der Waals surface area (Å²) >= 11 is 1.68. The number of nitrogens with one attached hydrogen (secondary N) is 2. The first-order valence-corrected chi connectivity index (χ1v) is 9.78. The van der Waals surface area contributed by atoms with Gasteiger partial charge in [-0.2, -0.15) is 0 Å². The Hall–Kier alpha value is -1.70. The van der Waals surface area contributed by atoms with Crippen LogP contribution in [0.5, 0.6) is 0 Å². The van der Waals surface area contributed by atoms with Crippen LogP contribution in [0.25, 0.3) is 10.2 Å². The second-order valence-corrected chi connectivity index (χ2v) is 7.74. The first-order valence-electron chi connectivity index (χ1n) is 8.96. The van der Waals surface area contributed by atoms with Crippen LogP contribution in [0.2, 0.25) is 0 Å². The van der Waals surface area contributed by atoms with Gasteiger partial charge in [0.05, 0.1) is 10.2 Å². The van der Waals surface area contributed by atoms with Gasteiger partial charge in [-0.1, -0.05) is 11.3 Å². The number of aromatic nitrogens is 1. The second-order valence-electron chi connectivity index (χ2n) is 6.73. The Bertz CT molecular complexity index is 764. The molecule has 0 saturated carbocycles. The third kappa shape index (κ3) is 3.63. The van der Waals surface area contributed by atoms with Gasteiger partial charge in [0.1, 0.15) is 0 Å². The lowest BCUT2D eigenvalue weighted by atomic mass is 10.1. The Morgan fingerprint density at radius 3 is 2.84 bits per heavy atom. The Morgan fingerprint density at radius 1 is 1.32 bits per heavy atom. The van der Waals surface area contributed by atoms with Gasteiger partial charge in [-0.3, -0.25) is 4.79 Å². The molecule has 2 fully saturated rings. The number of fused-ring (bicyclic) bond motifs is 1. The van der Waals surface area contributed by atoms with E-state index in [1.54, 1.807) is 11.3 Å². The number of nitrogens with zero attached hydrogens (tertiary/aromatic N) is 2. The van der Waals surface area contributed by atoms with Gasteiger partial charge in [-0.25, -0.2) is 4.98 Å². The molecule has 0 unspecified atom stereocenters. The van der Waals surface area contributed by atoms with Gasteiger partial charge >= 0.3 is 0 Å². The summed E-state index contributed by atoms with van der Waals surface area (Å²) < 4.78 is 6.45. The maximum Gasteiger partial charge on any atom is 0.251 e. The van der Waals surface area contributed by atoms with E-state index in [1.807, 2.05) is 19.1 Å². The predicted molar refractivity (Wildman–Crippen MR) is 101 cm³/mol. The van der Waals surface area contributed by atoms with Crippen molar-refractivity contribution in [2.75, 3.05) is 44.3 Å². The molecule has 2 saturated heterocycles. The second kappa shape index (κ2) is 7.27. The lowest BCUT2D eigenvalue weighted by Gasteiger charge is -2.26. The number of ether oxygens (including phenoxy) is 1. The molecule has 1 amide bonds. The van der Waals surface area contributed by atoms with Gasteiger partial charge in [0.15, 0.2) is 5.13 Å². The van der Waals surface area contributed by atoms with Crippen molar-refractivity contribution in [1.29, 1.82) is 0 Å². The monoisotopic (exact) mass is 360 g/mol. The highest BCUT2D eigenvalue weighted by molar-refractivity contribution is 7.22. The molecule has 2 aromatic rings. The molecule has 2 aliphatic rings. The topological polar surface area (TPSA) is 66.5 Å². The number of hydrogen-bond donors (Lipinski definition) is 2. The third-order valence-electron chi connectivity index (χ3n) is 4.88. The summed E-state index contributed by atoms with van der Waals surface area (Å²) in [5.74, 6) is 0.00835. The lowest BCUT2D eigenvalue weighted by Crippen LogP contribution is -2.43. The van der Waals surface area contributed by atoms with Gasteiger partial charge in [0, 0.05) is 51.0 Å². The molecule has 0 spiro atoms. The highest BCUT2D eigenvalue weighted by Gasteiger charge is 2.20. The van der Waals surface area contributed by atoms with Gasteiger partial charge in [0.25, 0.3) is 5.91 Å². The highest BCUT2D eigenvalue weighted by Crippen LogP contribution is 2.32. The first kappa shape index (κ1) is 16.8. The summed E-state index contributed by atoms with van der Waals surface area (Å²) in [4.78, 5) is 19.8. The maximum absolute atomic E-state index is 12.6. The van der Waals surface area contributed by atoms with E-state index in [-0.39, 0.29) is 11.9 Å². The molecular formula is C18H24N4O2S. The van der Waals surface area contributed by atoms with Crippen LogP contribution in [0.15, 0.2) is 12.1 Å². The molecule has 3 heterocycles. The third-order valence-corrected chi connectivity index (χ3v) is 5.94. The van der Waals surface area contributed by atoms with Crippen LogP contribution < -0.4 is 15.5 Å². The molecule has 0 radical (unpaired) electrons. The summed E-state index contributed by atoms with van der Waals surface area (Å²) in [6.07, 6.45) is 1.78. The van der Waals surface area contributed by atoms with Crippen molar-refractivity contribution in [2.45, 2.75) is 25.8 Å². The minimum absolute atomic E-state index is 0.00835. The fourth-order valence-corrected chi connectivity index (χ4v) is 4.55. The number of rotatable bonds is 3. The van der Waals surface area contributed by atoms with Crippen molar-refractivity contribution in [3.63, 3.8) is 0 Å². The minimum atomic E-state index is 0.00835. The zero-order valence-corrected chi connectivity index (χ0v) is 15.3. The Kier molecular flexibility index (Phi) is 4.87. The lowest BCUT2D eigenvalue weighted by molar-refractivity contribution is 0.0696. The number of thiazole rings is 1. The van der Waals surface area contributed by atoms with Crippen molar-refractivity contribution in [1.82, 2.24) is 15.6 Å². The quantitative estimate of drug-likeness (QED) is 0.875. The molecule has 0 aliphatic carbocycles. The molecule has 2 aliphatic heterocycles. The Morgan fingerprint density at radius 2 is 2.08 bits per heavy atom. The fourth-order valence-electron chi connectivity index (χ4n) is 3.42. The summed E-state index contributed by atoms with van der Waals surface area (Å²) in [6.45, 7) is 7.44. The van der Waals surface area contributed by atoms with Crippen molar-refractivity contribution in [3.8, 4) is 0 Å². The van der Waals surface area contributed by atoms with Crippen molar-refractivity contribution >= 4 is 32.6 Å². The number of carbonyl (C=O) groups is 1. The smallest absolute Gasteiger partial charge is 0.251 e. The standard InChI is InChI=1S/C18H24N4O2S/c1-12-10-13(17(23)20-14-2-8-24-9-3-14)11-15-16(12)21-18(25-15)22-6-4-19-5-7-22/h10-11,14,19H,2-9H2,1H3,(H,20,23). The van der Waals surface area contributed by atoms with Crippen molar-refractivity contribution in [3.05, 3.63) is 23.3 Å². The van der Waals surface area contributed by atoms with E-state index in [4.69, 9.17) is 9.72 Å². The summed E-state index contributed by atoms with van der Waals surface area (Å²) in [6, 6.07) is 4.16. The normalized spacial score (nSPS) is 19.3. The molecular weight excluding hydrogens is 336 g/mol. The van der Waals surface area contributed by atoms with Gasteiger partial charge in [-0.05, 0) is 37.5 Å². The Balaban J connectivity index is 1.56. The van der Waals surface area contributed by atoms with E-state index in [2.05, 4.69) is 15.5 Å². The zero-order chi connectivity index (χ0) is 17.2. The number of piperazine rings is 1. The van der Waals surface area contributed by atoms with Crippen LogP contribution in [0.1, 0.15) is 28.8 Å². The molecule has 0 bridgehead atoms. The Labute approximate surface area is 151 Å². The molecule has 1 aromatic heterocycles.